The van der Waals surface area contributed by atoms with Gasteiger partial charge in [0.2, 0.25) is 0 Å². The number of amides is 2. The van der Waals surface area contributed by atoms with Crippen molar-refractivity contribution < 1.29 is 13.2 Å². The van der Waals surface area contributed by atoms with Gasteiger partial charge in [0, 0.05) is 25.9 Å². The van der Waals surface area contributed by atoms with Crippen LogP contribution >= 0.6 is 0 Å². The molecule has 0 aliphatic heterocycles. The molecule has 1 fully saturated rings. The maximum atomic E-state index is 11.6. The van der Waals surface area contributed by atoms with Crippen LogP contribution in [0.15, 0.2) is 0 Å². The second kappa shape index (κ2) is 5.52. The summed E-state index contributed by atoms with van der Waals surface area (Å²) in [7, 11) is -1.38. The van der Waals surface area contributed by atoms with E-state index in [-0.39, 0.29) is 24.4 Å². The van der Waals surface area contributed by atoms with Crippen LogP contribution in [0.2, 0.25) is 0 Å². The van der Waals surface area contributed by atoms with E-state index >= 15 is 0 Å². The summed E-state index contributed by atoms with van der Waals surface area (Å²) in [4.78, 5) is 13.1. The molecule has 0 aromatic rings. The van der Waals surface area contributed by atoms with Crippen molar-refractivity contribution in [3.8, 4) is 0 Å². The molecule has 1 rings (SSSR count). The fraction of sp³-hybridized carbons (Fsp3) is 0.900. The number of urea groups is 1. The highest BCUT2D eigenvalue weighted by molar-refractivity contribution is 7.90. The van der Waals surface area contributed by atoms with E-state index < -0.39 is 9.84 Å². The van der Waals surface area contributed by atoms with Crippen LogP contribution in [0.4, 0.5) is 4.79 Å². The van der Waals surface area contributed by atoms with Gasteiger partial charge in [-0.25, -0.2) is 13.2 Å². The van der Waals surface area contributed by atoms with Gasteiger partial charge in [0.05, 0.1) is 5.75 Å². The zero-order valence-corrected chi connectivity index (χ0v) is 10.7. The van der Waals surface area contributed by atoms with Crippen molar-refractivity contribution >= 4 is 15.9 Å². The van der Waals surface area contributed by atoms with E-state index in [0.717, 1.165) is 25.7 Å². The van der Waals surface area contributed by atoms with Crippen molar-refractivity contribution in [2.75, 3.05) is 25.6 Å². The molecule has 0 aromatic heterocycles. The average Bonchev–Trinajstić information content (AvgIpc) is 2.65. The van der Waals surface area contributed by atoms with Crippen molar-refractivity contribution in [1.29, 1.82) is 0 Å². The van der Waals surface area contributed by atoms with Gasteiger partial charge >= 0.3 is 6.03 Å². The Kier molecular flexibility index (Phi) is 4.58. The largest absolute Gasteiger partial charge is 0.335 e. The third-order valence-electron chi connectivity index (χ3n) is 2.83. The van der Waals surface area contributed by atoms with Crippen LogP contribution in [0.1, 0.15) is 25.7 Å². The average molecular weight is 248 g/mol. The Morgan fingerprint density at radius 3 is 2.44 bits per heavy atom. The lowest BCUT2D eigenvalue weighted by molar-refractivity contribution is 0.207. The van der Waals surface area contributed by atoms with E-state index in [4.69, 9.17) is 0 Å². The highest BCUT2D eigenvalue weighted by atomic mass is 32.2. The molecule has 6 heteroatoms. The zero-order chi connectivity index (χ0) is 12.2. The third-order valence-corrected chi connectivity index (χ3v) is 3.75. The molecule has 0 bridgehead atoms. The number of sulfone groups is 1. The van der Waals surface area contributed by atoms with E-state index in [1.165, 1.54) is 11.2 Å². The molecular weight excluding hydrogens is 228 g/mol. The third kappa shape index (κ3) is 4.83. The quantitative estimate of drug-likeness (QED) is 0.793. The molecule has 0 radical (unpaired) electrons. The second-order valence-electron chi connectivity index (χ2n) is 4.48. The minimum atomic E-state index is -3.00. The number of hydrogen-bond donors (Lipinski definition) is 1. The molecule has 0 saturated heterocycles. The maximum Gasteiger partial charge on any atom is 0.317 e. The van der Waals surface area contributed by atoms with Crippen molar-refractivity contribution in [3.63, 3.8) is 0 Å². The standard InChI is InChI=1S/C10H20N2O3S/c1-12(7-8-16(2,14)15)10(13)11-9-5-3-4-6-9/h9H,3-8H2,1-2H3,(H,11,13). The van der Waals surface area contributed by atoms with Gasteiger partial charge < -0.3 is 10.2 Å². The van der Waals surface area contributed by atoms with Gasteiger partial charge in [0.15, 0.2) is 0 Å². The normalized spacial score (nSPS) is 17.4. The summed E-state index contributed by atoms with van der Waals surface area (Å²) in [6, 6.07) is 0.101. The molecule has 16 heavy (non-hydrogen) atoms. The first kappa shape index (κ1) is 13.3. The zero-order valence-electron chi connectivity index (χ0n) is 9.90. The van der Waals surface area contributed by atoms with E-state index in [1.54, 1.807) is 7.05 Å². The van der Waals surface area contributed by atoms with Gasteiger partial charge in [-0.15, -0.1) is 0 Å². The Balaban J connectivity index is 2.29. The monoisotopic (exact) mass is 248 g/mol. The van der Waals surface area contributed by atoms with Crippen molar-refractivity contribution in [3.05, 3.63) is 0 Å². The van der Waals surface area contributed by atoms with Crippen LogP contribution in [0.5, 0.6) is 0 Å². The second-order valence-corrected chi connectivity index (χ2v) is 6.74. The SMILES string of the molecule is CN(CCS(C)(=O)=O)C(=O)NC1CCCC1. The summed E-state index contributed by atoms with van der Waals surface area (Å²) in [5.74, 6) is 0.0155. The summed E-state index contributed by atoms with van der Waals surface area (Å²) < 4.78 is 21.9. The van der Waals surface area contributed by atoms with Crippen LogP contribution in [0, 0.1) is 0 Å². The highest BCUT2D eigenvalue weighted by Gasteiger charge is 2.19. The van der Waals surface area contributed by atoms with Gasteiger partial charge in [0.25, 0.3) is 0 Å². The van der Waals surface area contributed by atoms with Crippen LogP contribution in [0.3, 0.4) is 0 Å². The summed E-state index contributed by atoms with van der Waals surface area (Å²) in [5, 5.41) is 2.91. The van der Waals surface area contributed by atoms with E-state index in [0.29, 0.717) is 0 Å². The minimum absolute atomic E-state index is 0.0155. The molecule has 1 aliphatic carbocycles. The van der Waals surface area contributed by atoms with E-state index in [2.05, 4.69) is 5.32 Å². The molecule has 1 aliphatic rings. The molecule has 0 aromatic carbocycles. The smallest absolute Gasteiger partial charge is 0.317 e. The lowest BCUT2D eigenvalue weighted by Gasteiger charge is -2.20. The Morgan fingerprint density at radius 1 is 1.38 bits per heavy atom. The Bertz CT molecular complexity index is 334. The van der Waals surface area contributed by atoms with Crippen LogP contribution in [-0.4, -0.2) is 51.0 Å². The van der Waals surface area contributed by atoms with Gasteiger partial charge in [0.1, 0.15) is 9.84 Å². The lowest BCUT2D eigenvalue weighted by atomic mass is 10.2. The Morgan fingerprint density at radius 2 is 1.94 bits per heavy atom. The van der Waals surface area contributed by atoms with Gasteiger partial charge in [-0.05, 0) is 12.8 Å². The van der Waals surface area contributed by atoms with Crippen molar-refractivity contribution in [1.82, 2.24) is 10.2 Å². The van der Waals surface area contributed by atoms with Crippen LogP contribution in [-0.2, 0) is 9.84 Å². The summed E-state index contributed by atoms with van der Waals surface area (Å²) in [5.41, 5.74) is 0. The number of hydrogen-bond acceptors (Lipinski definition) is 3. The fourth-order valence-corrected chi connectivity index (χ4v) is 2.36. The first-order valence-corrected chi connectivity index (χ1v) is 7.64. The topological polar surface area (TPSA) is 66.5 Å². The van der Waals surface area contributed by atoms with Gasteiger partial charge in [-0.2, -0.15) is 0 Å². The van der Waals surface area contributed by atoms with Crippen LogP contribution < -0.4 is 5.32 Å². The summed E-state index contributed by atoms with van der Waals surface area (Å²) in [6.45, 7) is 0.247. The molecule has 2 amide bonds. The molecule has 0 heterocycles. The van der Waals surface area contributed by atoms with E-state index in [9.17, 15) is 13.2 Å². The predicted molar refractivity (Wildman–Crippen MR) is 63.1 cm³/mol. The van der Waals surface area contributed by atoms with Crippen molar-refractivity contribution in [2.24, 2.45) is 0 Å². The number of carbonyl (C=O) groups excluding carboxylic acids is 1. The highest BCUT2D eigenvalue weighted by Crippen LogP contribution is 2.17. The molecule has 94 valence electrons. The molecule has 0 unspecified atom stereocenters. The molecule has 1 N–H and O–H groups in total. The molecule has 0 spiro atoms. The first-order chi connectivity index (χ1) is 7.38. The van der Waals surface area contributed by atoms with Crippen molar-refractivity contribution in [2.45, 2.75) is 31.7 Å². The van der Waals surface area contributed by atoms with Gasteiger partial charge in [-0.1, -0.05) is 12.8 Å². The first-order valence-electron chi connectivity index (χ1n) is 5.58. The number of nitrogens with one attached hydrogen (secondary N) is 1. The summed E-state index contributed by atoms with van der Waals surface area (Å²) >= 11 is 0. The fourth-order valence-electron chi connectivity index (χ4n) is 1.76. The number of nitrogens with zero attached hydrogens (tertiary/aromatic N) is 1. The van der Waals surface area contributed by atoms with E-state index in [1.807, 2.05) is 0 Å². The van der Waals surface area contributed by atoms with Gasteiger partial charge in [-0.3, -0.25) is 0 Å². The molecule has 0 atom stereocenters. The predicted octanol–water partition coefficient (Wildman–Crippen LogP) is 0.615. The summed E-state index contributed by atoms with van der Waals surface area (Å²) in [6.07, 6.45) is 5.57. The minimum Gasteiger partial charge on any atom is -0.335 e. The Labute approximate surface area is 97.1 Å². The Hall–Kier alpha value is -0.780. The maximum absolute atomic E-state index is 11.6. The number of carbonyl (C=O) groups is 1. The molecule has 1 saturated carbocycles. The molecular formula is C10H20N2O3S. The van der Waals surface area contributed by atoms with Crippen LogP contribution in [0.25, 0.3) is 0 Å². The molecule has 5 nitrogen and oxygen atoms in total. The number of rotatable bonds is 4. The lowest BCUT2D eigenvalue weighted by Crippen LogP contribution is -2.43.